The van der Waals surface area contributed by atoms with Gasteiger partial charge in [-0.3, -0.25) is 9.36 Å². The first-order valence-electron chi connectivity index (χ1n) is 6.78. The van der Waals surface area contributed by atoms with Gasteiger partial charge in [0.05, 0.1) is 23.6 Å². The third-order valence-corrected chi connectivity index (χ3v) is 3.85. The smallest absolute Gasteiger partial charge is 0.255 e. The van der Waals surface area contributed by atoms with E-state index in [0.717, 1.165) is 28.6 Å². The molecular formula is C15H10N6OS. The van der Waals surface area contributed by atoms with Gasteiger partial charge < -0.3 is 5.32 Å². The van der Waals surface area contributed by atoms with Crippen molar-refractivity contribution in [2.45, 2.75) is 0 Å². The van der Waals surface area contributed by atoms with Crippen LogP contribution in [0.4, 0.5) is 5.69 Å². The predicted octanol–water partition coefficient (Wildman–Crippen LogP) is 2.52. The van der Waals surface area contributed by atoms with Crippen LogP contribution in [0.3, 0.4) is 0 Å². The molecule has 7 nitrogen and oxygen atoms in total. The summed E-state index contributed by atoms with van der Waals surface area (Å²) in [7, 11) is 0. The van der Waals surface area contributed by atoms with Crippen LogP contribution in [0.5, 0.6) is 0 Å². The molecule has 8 heteroatoms. The number of imidazole rings is 1. The topological polar surface area (TPSA) is 85.6 Å². The standard InChI is InChI=1S/C15H10N6OS/c22-15(10-1-3-12-13(7-10)20-23-19-12)18-11-2-4-14(17-8-11)21-6-5-16-9-21/h1-9H,(H,18,22). The van der Waals surface area contributed by atoms with Gasteiger partial charge in [-0.2, -0.15) is 8.75 Å². The lowest BCUT2D eigenvalue weighted by atomic mass is 10.2. The summed E-state index contributed by atoms with van der Waals surface area (Å²) >= 11 is 1.13. The van der Waals surface area contributed by atoms with Gasteiger partial charge in [0.2, 0.25) is 0 Å². The van der Waals surface area contributed by atoms with Gasteiger partial charge in [-0.25, -0.2) is 9.97 Å². The molecule has 0 saturated heterocycles. The first-order chi connectivity index (χ1) is 11.3. The number of nitrogens with one attached hydrogen (secondary N) is 1. The fourth-order valence-electron chi connectivity index (χ4n) is 2.13. The van der Waals surface area contributed by atoms with Gasteiger partial charge in [0.25, 0.3) is 5.91 Å². The highest BCUT2D eigenvalue weighted by Gasteiger charge is 2.09. The molecule has 0 fully saturated rings. The maximum atomic E-state index is 12.3. The monoisotopic (exact) mass is 322 g/mol. The van der Waals surface area contributed by atoms with E-state index in [4.69, 9.17) is 0 Å². The first-order valence-corrected chi connectivity index (χ1v) is 7.51. The minimum absolute atomic E-state index is 0.211. The molecule has 1 amide bonds. The SMILES string of the molecule is O=C(Nc1ccc(-n2ccnc2)nc1)c1ccc2nsnc2c1. The number of carbonyl (C=O) groups excluding carboxylic acids is 1. The van der Waals surface area contributed by atoms with E-state index in [9.17, 15) is 4.79 Å². The summed E-state index contributed by atoms with van der Waals surface area (Å²) in [6.07, 6.45) is 6.76. The van der Waals surface area contributed by atoms with Crippen LogP contribution in [-0.4, -0.2) is 29.2 Å². The zero-order valence-corrected chi connectivity index (χ0v) is 12.6. The summed E-state index contributed by atoms with van der Waals surface area (Å²) in [5, 5.41) is 2.82. The number of fused-ring (bicyclic) bond motifs is 1. The number of pyridine rings is 1. The molecule has 0 aliphatic heterocycles. The summed E-state index contributed by atoms with van der Waals surface area (Å²) in [6.45, 7) is 0. The highest BCUT2D eigenvalue weighted by atomic mass is 32.1. The van der Waals surface area contributed by atoms with E-state index in [0.29, 0.717) is 11.3 Å². The normalized spacial score (nSPS) is 10.8. The third-order valence-electron chi connectivity index (χ3n) is 3.29. The Morgan fingerprint density at radius 2 is 2.04 bits per heavy atom. The number of hydrogen-bond donors (Lipinski definition) is 1. The highest BCUT2D eigenvalue weighted by Crippen LogP contribution is 2.16. The Morgan fingerprint density at radius 3 is 2.83 bits per heavy atom. The zero-order valence-electron chi connectivity index (χ0n) is 11.7. The summed E-state index contributed by atoms with van der Waals surface area (Å²) in [6, 6.07) is 8.84. The molecule has 0 unspecified atom stereocenters. The molecule has 3 heterocycles. The van der Waals surface area contributed by atoms with Crippen molar-refractivity contribution in [3.63, 3.8) is 0 Å². The molecule has 0 spiro atoms. The van der Waals surface area contributed by atoms with E-state index in [2.05, 4.69) is 24.0 Å². The van der Waals surface area contributed by atoms with Gasteiger partial charge in [-0.05, 0) is 30.3 Å². The van der Waals surface area contributed by atoms with Crippen molar-refractivity contribution < 1.29 is 4.79 Å². The third kappa shape index (κ3) is 2.67. The van der Waals surface area contributed by atoms with Gasteiger partial charge >= 0.3 is 0 Å². The Bertz CT molecular complexity index is 961. The van der Waals surface area contributed by atoms with Crippen LogP contribution in [0.25, 0.3) is 16.9 Å². The van der Waals surface area contributed by atoms with Crippen molar-refractivity contribution in [2.75, 3.05) is 5.32 Å². The Morgan fingerprint density at radius 1 is 1.13 bits per heavy atom. The van der Waals surface area contributed by atoms with Gasteiger partial charge in [-0.15, -0.1) is 0 Å². The van der Waals surface area contributed by atoms with Crippen molar-refractivity contribution >= 4 is 34.4 Å². The zero-order chi connectivity index (χ0) is 15.6. The van der Waals surface area contributed by atoms with E-state index in [1.807, 2.05) is 6.07 Å². The van der Waals surface area contributed by atoms with Crippen LogP contribution in [0.15, 0.2) is 55.2 Å². The molecule has 4 rings (SSSR count). The maximum Gasteiger partial charge on any atom is 0.255 e. The molecule has 1 N–H and O–H groups in total. The molecule has 0 bridgehead atoms. The Hall–Kier alpha value is -3.13. The number of carbonyl (C=O) groups is 1. The molecule has 0 radical (unpaired) electrons. The second kappa shape index (κ2) is 5.58. The van der Waals surface area contributed by atoms with Gasteiger partial charge in [-0.1, -0.05) is 0 Å². The molecule has 1 aromatic carbocycles. The van der Waals surface area contributed by atoms with Crippen molar-refractivity contribution in [3.05, 3.63) is 60.8 Å². The average Bonchev–Trinajstić information content (AvgIpc) is 3.26. The summed E-state index contributed by atoms with van der Waals surface area (Å²) in [4.78, 5) is 20.6. The molecule has 0 atom stereocenters. The number of amides is 1. The van der Waals surface area contributed by atoms with E-state index in [1.54, 1.807) is 53.8 Å². The van der Waals surface area contributed by atoms with E-state index in [-0.39, 0.29) is 5.91 Å². The van der Waals surface area contributed by atoms with Crippen molar-refractivity contribution in [3.8, 4) is 5.82 Å². The summed E-state index contributed by atoms with van der Waals surface area (Å²) in [5.74, 6) is 0.521. The van der Waals surface area contributed by atoms with Crippen LogP contribution >= 0.6 is 11.7 Å². The largest absolute Gasteiger partial charge is 0.321 e. The lowest BCUT2D eigenvalue weighted by Gasteiger charge is -2.06. The summed E-state index contributed by atoms with van der Waals surface area (Å²) in [5.41, 5.74) is 2.66. The minimum atomic E-state index is -0.211. The highest BCUT2D eigenvalue weighted by molar-refractivity contribution is 7.00. The van der Waals surface area contributed by atoms with Gasteiger partial charge in [0.15, 0.2) is 0 Å². The van der Waals surface area contributed by atoms with Gasteiger partial charge in [0, 0.05) is 18.0 Å². The molecular weight excluding hydrogens is 312 g/mol. The molecule has 112 valence electrons. The van der Waals surface area contributed by atoms with Gasteiger partial charge in [0.1, 0.15) is 23.2 Å². The van der Waals surface area contributed by atoms with Crippen LogP contribution in [0, 0.1) is 0 Å². The molecule has 0 saturated carbocycles. The van der Waals surface area contributed by atoms with Crippen LogP contribution in [-0.2, 0) is 0 Å². The number of anilines is 1. The minimum Gasteiger partial charge on any atom is -0.321 e. The second-order valence-corrected chi connectivity index (χ2v) is 5.33. The number of benzene rings is 1. The second-order valence-electron chi connectivity index (χ2n) is 4.80. The lowest BCUT2D eigenvalue weighted by Crippen LogP contribution is -2.12. The predicted molar refractivity (Wildman–Crippen MR) is 86.7 cm³/mol. The first kappa shape index (κ1) is 13.5. The number of aromatic nitrogens is 5. The van der Waals surface area contributed by atoms with Crippen LogP contribution in [0.1, 0.15) is 10.4 Å². The van der Waals surface area contributed by atoms with Crippen LogP contribution in [0.2, 0.25) is 0 Å². The number of rotatable bonds is 3. The Kier molecular flexibility index (Phi) is 3.28. The Balaban J connectivity index is 1.53. The fourth-order valence-corrected chi connectivity index (χ4v) is 2.65. The molecule has 3 aromatic heterocycles. The molecule has 23 heavy (non-hydrogen) atoms. The van der Waals surface area contributed by atoms with E-state index >= 15 is 0 Å². The van der Waals surface area contributed by atoms with Crippen LogP contribution < -0.4 is 5.32 Å². The van der Waals surface area contributed by atoms with Crippen molar-refractivity contribution in [1.82, 2.24) is 23.3 Å². The quantitative estimate of drug-likeness (QED) is 0.626. The summed E-state index contributed by atoms with van der Waals surface area (Å²) < 4.78 is 10.0. The molecule has 0 aliphatic rings. The Labute approximate surface area is 135 Å². The van der Waals surface area contributed by atoms with E-state index in [1.165, 1.54) is 0 Å². The average molecular weight is 322 g/mol. The van der Waals surface area contributed by atoms with Crippen molar-refractivity contribution in [2.24, 2.45) is 0 Å². The molecule has 4 aromatic rings. The number of hydrogen-bond acceptors (Lipinski definition) is 6. The molecule has 0 aliphatic carbocycles. The maximum absolute atomic E-state index is 12.3. The van der Waals surface area contributed by atoms with Crippen molar-refractivity contribution in [1.29, 1.82) is 0 Å². The number of nitrogens with zero attached hydrogens (tertiary/aromatic N) is 5. The fraction of sp³-hybridized carbons (Fsp3) is 0. The van der Waals surface area contributed by atoms with E-state index < -0.39 is 0 Å². The lowest BCUT2D eigenvalue weighted by molar-refractivity contribution is 0.102.